The zero-order valence-electron chi connectivity index (χ0n) is 18.6. The number of hydrogen-bond donors (Lipinski definition) is 2. The number of nitrogens with zero attached hydrogens (tertiary/aromatic N) is 3. The summed E-state index contributed by atoms with van der Waals surface area (Å²) in [7, 11) is 0. The van der Waals surface area contributed by atoms with E-state index < -0.39 is 0 Å². The lowest BCUT2D eigenvalue weighted by Gasteiger charge is -2.32. The molecule has 2 aliphatic heterocycles. The molecule has 31 heavy (non-hydrogen) atoms. The van der Waals surface area contributed by atoms with Crippen molar-refractivity contribution in [3.05, 3.63) is 23.9 Å². The summed E-state index contributed by atoms with van der Waals surface area (Å²) in [5.41, 5.74) is 1.08. The van der Waals surface area contributed by atoms with Gasteiger partial charge in [-0.1, -0.05) is 6.07 Å². The van der Waals surface area contributed by atoms with E-state index in [1.54, 1.807) is 16.7 Å². The first-order valence-electron chi connectivity index (χ1n) is 11.0. The SMILES string of the molecule is CCOCC(=O)N1CCCC(C(=O)NCC2=NC(c3ccc(NC(C)C)nc3)CS2)C1. The van der Waals surface area contributed by atoms with Crippen molar-refractivity contribution < 1.29 is 14.3 Å². The first-order valence-corrected chi connectivity index (χ1v) is 12.0. The van der Waals surface area contributed by atoms with Crippen molar-refractivity contribution in [1.82, 2.24) is 15.2 Å². The van der Waals surface area contributed by atoms with Gasteiger partial charge in [-0.15, -0.1) is 11.8 Å². The Morgan fingerprint density at radius 3 is 2.90 bits per heavy atom. The molecule has 0 radical (unpaired) electrons. The number of piperidine rings is 1. The molecule has 8 nitrogen and oxygen atoms in total. The van der Waals surface area contributed by atoms with Crippen molar-refractivity contribution in [2.24, 2.45) is 10.9 Å². The molecule has 9 heteroatoms. The van der Waals surface area contributed by atoms with E-state index in [9.17, 15) is 9.59 Å². The molecule has 0 aliphatic carbocycles. The Hall–Kier alpha value is -2.13. The zero-order chi connectivity index (χ0) is 22.2. The van der Waals surface area contributed by atoms with E-state index in [4.69, 9.17) is 9.73 Å². The van der Waals surface area contributed by atoms with Crippen LogP contribution >= 0.6 is 11.8 Å². The molecule has 2 N–H and O–H groups in total. The summed E-state index contributed by atoms with van der Waals surface area (Å²) in [6, 6.07) is 4.45. The molecule has 2 aliphatic rings. The van der Waals surface area contributed by atoms with Gasteiger partial charge in [-0.25, -0.2) is 4.98 Å². The van der Waals surface area contributed by atoms with E-state index in [0.717, 1.165) is 35.0 Å². The van der Waals surface area contributed by atoms with Gasteiger partial charge in [-0.3, -0.25) is 14.6 Å². The molecule has 1 aromatic rings. The van der Waals surface area contributed by atoms with E-state index in [-0.39, 0.29) is 30.4 Å². The number of aliphatic imine (C=N–C) groups is 1. The number of carbonyl (C=O) groups excluding carboxylic acids is 2. The highest BCUT2D eigenvalue weighted by atomic mass is 32.2. The lowest BCUT2D eigenvalue weighted by molar-refractivity contribution is -0.139. The summed E-state index contributed by atoms with van der Waals surface area (Å²) in [6.07, 6.45) is 3.51. The van der Waals surface area contributed by atoms with Crippen molar-refractivity contribution >= 4 is 34.4 Å². The van der Waals surface area contributed by atoms with Crippen LogP contribution in [0.5, 0.6) is 0 Å². The molecule has 2 atom stereocenters. The maximum absolute atomic E-state index is 12.7. The molecule has 1 saturated heterocycles. The van der Waals surface area contributed by atoms with Gasteiger partial charge in [0.1, 0.15) is 12.4 Å². The normalized spacial score (nSPS) is 21.2. The molecule has 2 unspecified atom stereocenters. The lowest BCUT2D eigenvalue weighted by Crippen LogP contribution is -2.47. The quantitative estimate of drug-likeness (QED) is 0.604. The van der Waals surface area contributed by atoms with Gasteiger partial charge in [0, 0.05) is 37.7 Å². The second kappa shape index (κ2) is 11.5. The number of nitrogens with one attached hydrogen (secondary N) is 2. The van der Waals surface area contributed by atoms with E-state index in [0.29, 0.717) is 32.3 Å². The molecule has 3 heterocycles. The third-order valence-corrected chi connectivity index (χ3v) is 6.37. The Labute approximate surface area is 188 Å². The van der Waals surface area contributed by atoms with Crippen LogP contribution in [0.15, 0.2) is 23.3 Å². The highest BCUT2D eigenvalue weighted by Crippen LogP contribution is 2.30. The Morgan fingerprint density at radius 2 is 2.19 bits per heavy atom. The molecule has 0 saturated carbocycles. The summed E-state index contributed by atoms with van der Waals surface area (Å²) in [5, 5.41) is 7.23. The van der Waals surface area contributed by atoms with Crippen LogP contribution < -0.4 is 10.6 Å². The molecule has 170 valence electrons. The third-order valence-electron chi connectivity index (χ3n) is 5.30. The summed E-state index contributed by atoms with van der Waals surface area (Å²) in [4.78, 5) is 35.8. The summed E-state index contributed by atoms with van der Waals surface area (Å²) in [6.45, 7) is 8.22. The molecule has 0 aromatic carbocycles. The van der Waals surface area contributed by atoms with Crippen molar-refractivity contribution in [2.45, 2.75) is 45.7 Å². The van der Waals surface area contributed by atoms with E-state index in [2.05, 4.69) is 35.5 Å². The zero-order valence-corrected chi connectivity index (χ0v) is 19.4. The van der Waals surface area contributed by atoms with Gasteiger partial charge >= 0.3 is 0 Å². The van der Waals surface area contributed by atoms with Crippen molar-refractivity contribution in [3.8, 4) is 0 Å². The second-order valence-corrected chi connectivity index (χ2v) is 9.25. The number of aromatic nitrogens is 1. The van der Waals surface area contributed by atoms with Crippen LogP contribution in [0.25, 0.3) is 0 Å². The summed E-state index contributed by atoms with van der Waals surface area (Å²) >= 11 is 1.67. The van der Waals surface area contributed by atoms with Crippen LogP contribution in [0.3, 0.4) is 0 Å². The molecule has 0 bridgehead atoms. The van der Waals surface area contributed by atoms with Crippen LogP contribution in [-0.4, -0.2) is 71.4 Å². The predicted octanol–water partition coefficient (Wildman–Crippen LogP) is 2.48. The first kappa shape index (κ1) is 23.5. The minimum atomic E-state index is -0.174. The molecule has 1 aromatic heterocycles. The van der Waals surface area contributed by atoms with Crippen molar-refractivity contribution in [3.63, 3.8) is 0 Å². The molecule has 3 rings (SSSR count). The molecule has 2 amide bonds. The number of thioether (sulfide) groups is 1. The van der Waals surface area contributed by atoms with Crippen LogP contribution in [0.2, 0.25) is 0 Å². The topological polar surface area (TPSA) is 95.9 Å². The number of anilines is 1. The molecule has 0 spiro atoms. The fourth-order valence-electron chi connectivity index (χ4n) is 3.68. The van der Waals surface area contributed by atoms with Crippen molar-refractivity contribution in [1.29, 1.82) is 0 Å². The molecule has 1 fully saturated rings. The lowest BCUT2D eigenvalue weighted by atomic mass is 9.97. The fraction of sp³-hybridized carbons (Fsp3) is 0.636. The van der Waals surface area contributed by atoms with E-state index in [1.165, 1.54) is 0 Å². The maximum atomic E-state index is 12.7. The van der Waals surface area contributed by atoms with Crippen LogP contribution in [0, 0.1) is 5.92 Å². The van der Waals surface area contributed by atoms with Gasteiger partial charge in [0.25, 0.3) is 0 Å². The molecular weight excluding hydrogens is 414 g/mol. The summed E-state index contributed by atoms with van der Waals surface area (Å²) in [5.74, 6) is 1.49. The number of amides is 2. The van der Waals surface area contributed by atoms with E-state index in [1.807, 2.05) is 19.2 Å². The standard InChI is InChI=1S/C22H33N5O3S/c1-4-30-13-21(28)27-9-5-6-17(12-27)22(29)24-11-20-26-18(14-31-20)16-7-8-19(23-10-16)25-15(2)3/h7-8,10,15,17-18H,4-6,9,11-14H2,1-3H3,(H,23,25)(H,24,29). The largest absolute Gasteiger partial charge is 0.372 e. The highest BCUT2D eigenvalue weighted by Gasteiger charge is 2.29. The van der Waals surface area contributed by atoms with Crippen molar-refractivity contribution in [2.75, 3.05) is 43.9 Å². The number of likely N-dealkylation sites (tertiary alicyclic amines) is 1. The summed E-state index contributed by atoms with van der Waals surface area (Å²) < 4.78 is 5.21. The van der Waals surface area contributed by atoms with Gasteiger partial charge in [-0.2, -0.15) is 0 Å². The third kappa shape index (κ3) is 6.93. The monoisotopic (exact) mass is 447 g/mol. The smallest absolute Gasteiger partial charge is 0.248 e. The van der Waals surface area contributed by atoms with Crippen LogP contribution in [0.4, 0.5) is 5.82 Å². The average Bonchev–Trinajstić information content (AvgIpc) is 3.25. The van der Waals surface area contributed by atoms with Crippen LogP contribution in [-0.2, 0) is 14.3 Å². The van der Waals surface area contributed by atoms with Crippen LogP contribution in [0.1, 0.15) is 45.2 Å². The Bertz CT molecular complexity index is 784. The minimum absolute atomic E-state index is 0.00793. The van der Waals surface area contributed by atoms with Gasteiger partial charge in [0.05, 0.1) is 23.5 Å². The Balaban J connectivity index is 1.47. The maximum Gasteiger partial charge on any atom is 0.248 e. The number of rotatable bonds is 9. The van der Waals surface area contributed by atoms with Gasteiger partial charge < -0.3 is 20.3 Å². The second-order valence-electron chi connectivity index (χ2n) is 8.16. The minimum Gasteiger partial charge on any atom is -0.372 e. The Kier molecular flexibility index (Phi) is 8.71. The number of hydrogen-bond acceptors (Lipinski definition) is 7. The molecular formula is C22H33N5O3S. The average molecular weight is 448 g/mol. The first-order chi connectivity index (χ1) is 15.0. The number of carbonyl (C=O) groups is 2. The predicted molar refractivity (Wildman–Crippen MR) is 124 cm³/mol. The number of pyridine rings is 1. The fourth-order valence-corrected chi connectivity index (χ4v) is 4.67. The van der Waals surface area contributed by atoms with Gasteiger partial charge in [0.15, 0.2) is 0 Å². The Morgan fingerprint density at radius 1 is 1.35 bits per heavy atom. The highest BCUT2D eigenvalue weighted by molar-refractivity contribution is 8.14. The number of ether oxygens (including phenoxy) is 1. The van der Waals surface area contributed by atoms with Gasteiger partial charge in [-0.05, 0) is 45.2 Å². The van der Waals surface area contributed by atoms with E-state index >= 15 is 0 Å². The van der Waals surface area contributed by atoms with Gasteiger partial charge in [0.2, 0.25) is 11.8 Å².